The van der Waals surface area contributed by atoms with Gasteiger partial charge in [0.1, 0.15) is 12.4 Å². The zero-order valence-electron chi connectivity index (χ0n) is 13.2. The fourth-order valence-electron chi connectivity index (χ4n) is 1.78. The van der Waals surface area contributed by atoms with E-state index in [1.54, 1.807) is 19.4 Å². The van der Waals surface area contributed by atoms with Crippen LogP contribution >= 0.6 is 0 Å². The Hall–Kier alpha value is -2.21. The fourth-order valence-corrected chi connectivity index (χ4v) is 1.78. The molecule has 0 aromatic carbocycles. The van der Waals surface area contributed by atoms with Crippen LogP contribution in [0.25, 0.3) is 0 Å². The second kappa shape index (κ2) is 8.29. The van der Waals surface area contributed by atoms with Gasteiger partial charge in [-0.2, -0.15) is 4.98 Å². The quantitative estimate of drug-likeness (QED) is 0.808. The highest BCUT2D eigenvalue weighted by molar-refractivity contribution is 5.39. The van der Waals surface area contributed by atoms with Crippen LogP contribution in [0.5, 0.6) is 5.88 Å². The highest BCUT2D eigenvalue weighted by Gasteiger charge is 2.07. The predicted octanol–water partition coefficient (Wildman–Crippen LogP) is 2.66. The molecule has 6 heteroatoms. The van der Waals surface area contributed by atoms with Crippen molar-refractivity contribution in [1.29, 1.82) is 0 Å². The van der Waals surface area contributed by atoms with Crippen molar-refractivity contribution in [2.75, 3.05) is 19.0 Å². The third kappa shape index (κ3) is 5.29. The molecule has 0 aliphatic carbocycles. The molecule has 0 saturated heterocycles. The Balaban J connectivity index is 2.07. The minimum Gasteiger partial charge on any atom is -0.477 e. The molecule has 0 amide bonds. The van der Waals surface area contributed by atoms with Crippen LogP contribution in [-0.2, 0) is 17.9 Å². The number of pyridine rings is 1. The van der Waals surface area contributed by atoms with Crippen molar-refractivity contribution in [3.63, 3.8) is 0 Å². The summed E-state index contributed by atoms with van der Waals surface area (Å²) in [4.78, 5) is 12.8. The third-order valence-corrected chi connectivity index (χ3v) is 2.78. The number of hydrogen-bond donors (Lipinski definition) is 1. The van der Waals surface area contributed by atoms with E-state index < -0.39 is 0 Å². The van der Waals surface area contributed by atoms with E-state index in [2.05, 4.69) is 34.1 Å². The third-order valence-electron chi connectivity index (χ3n) is 2.78. The molecule has 1 N–H and O–H groups in total. The summed E-state index contributed by atoms with van der Waals surface area (Å²) in [5, 5.41) is 3.26. The molecule has 0 fully saturated rings. The Kier molecular flexibility index (Phi) is 6.09. The molecule has 2 aromatic heterocycles. The minimum absolute atomic E-state index is 0.348. The molecule has 2 heterocycles. The summed E-state index contributed by atoms with van der Waals surface area (Å²) in [7, 11) is 1.62. The lowest BCUT2D eigenvalue weighted by Gasteiger charge is -2.12. The standard InChI is InChI=1S/C16H22N4O2/c1-12(2)10-22-16-7-14(19-15(20-16)11-21-3)18-9-13-5-4-6-17-8-13/h4-8,12H,9-11H2,1-3H3,(H,18,19,20). The summed E-state index contributed by atoms with van der Waals surface area (Å²) in [5.41, 5.74) is 1.08. The first kappa shape index (κ1) is 16.2. The van der Waals surface area contributed by atoms with Gasteiger partial charge in [-0.15, -0.1) is 0 Å². The van der Waals surface area contributed by atoms with Gasteiger partial charge in [-0.1, -0.05) is 19.9 Å². The maximum atomic E-state index is 5.69. The van der Waals surface area contributed by atoms with E-state index in [-0.39, 0.29) is 0 Å². The summed E-state index contributed by atoms with van der Waals surface area (Å²) in [6.45, 7) is 5.80. The van der Waals surface area contributed by atoms with Crippen LogP contribution < -0.4 is 10.1 Å². The van der Waals surface area contributed by atoms with Crippen molar-refractivity contribution in [2.24, 2.45) is 5.92 Å². The number of rotatable bonds is 8. The number of methoxy groups -OCH3 is 1. The number of nitrogens with one attached hydrogen (secondary N) is 1. The smallest absolute Gasteiger partial charge is 0.218 e. The normalized spacial score (nSPS) is 10.7. The van der Waals surface area contributed by atoms with Gasteiger partial charge < -0.3 is 14.8 Å². The number of ether oxygens (including phenoxy) is 2. The SMILES string of the molecule is COCc1nc(NCc2cccnc2)cc(OCC(C)C)n1. The number of anilines is 1. The molecule has 118 valence electrons. The van der Waals surface area contributed by atoms with Crippen molar-refractivity contribution in [1.82, 2.24) is 15.0 Å². The highest BCUT2D eigenvalue weighted by Crippen LogP contribution is 2.16. The molecule has 6 nitrogen and oxygen atoms in total. The first-order valence-electron chi connectivity index (χ1n) is 7.30. The first-order valence-corrected chi connectivity index (χ1v) is 7.30. The van der Waals surface area contributed by atoms with Crippen LogP contribution in [-0.4, -0.2) is 28.7 Å². The second-order valence-corrected chi connectivity index (χ2v) is 5.36. The molecule has 0 aliphatic rings. The number of nitrogens with zero attached hydrogens (tertiary/aromatic N) is 3. The summed E-state index contributed by atoms with van der Waals surface area (Å²) >= 11 is 0. The molecular formula is C16H22N4O2. The van der Waals surface area contributed by atoms with Gasteiger partial charge >= 0.3 is 0 Å². The van der Waals surface area contributed by atoms with Gasteiger partial charge in [0.05, 0.1) is 6.61 Å². The molecule has 2 aromatic rings. The largest absolute Gasteiger partial charge is 0.477 e. The fraction of sp³-hybridized carbons (Fsp3) is 0.438. The van der Waals surface area contributed by atoms with Gasteiger partial charge in [0, 0.05) is 32.1 Å². The van der Waals surface area contributed by atoms with E-state index >= 15 is 0 Å². The Morgan fingerprint density at radius 3 is 2.82 bits per heavy atom. The second-order valence-electron chi connectivity index (χ2n) is 5.36. The molecule has 2 rings (SSSR count). The average molecular weight is 302 g/mol. The Morgan fingerprint density at radius 2 is 2.14 bits per heavy atom. The van der Waals surface area contributed by atoms with Gasteiger partial charge in [0.25, 0.3) is 0 Å². The Bertz CT molecular complexity index is 576. The maximum absolute atomic E-state index is 5.69. The predicted molar refractivity (Wildman–Crippen MR) is 84.6 cm³/mol. The summed E-state index contributed by atoms with van der Waals surface area (Å²) in [6.07, 6.45) is 3.57. The lowest BCUT2D eigenvalue weighted by atomic mass is 10.2. The number of hydrogen-bond acceptors (Lipinski definition) is 6. The Morgan fingerprint density at radius 1 is 1.27 bits per heavy atom. The lowest BCUT2D eigenvalue weighted by molar-refractivity contribution is 0.175. The first-order chi connectivity index (χ1) is 10.7. The van der Waals surface area contributed by atoms with E-state index in [1.807, 2.05) is 18.3 Å². The van der Waals surface area contributed by atoms with Crippen molar-refractivity contribution >= 4 is 5.82 Å². The Labute approximate surface area is 130 Å². The van der Waals surface area contributed by atoms with E-state index in [0.29, 0.717) is 43.2 Å². The molecule has 22 heavy (non-hydrogen) atoms. The summed E-state index contributed by atoms with van der Waals surface area (Å²) in [6, 6.07) is 5.72. The lowest BCUT2D eigenvalue weighted by Crippen LogP contribution is -2.10. The minimum atomic E-state index is 0.348. The van der Waals surface area contributed by atoms with Gasteiger partial charge in [0.2, 0.25) is 5.88 Å². The average Bonchev–Trinajstić information content (AvgIpc) is 2.52. The van der Waals surface area contributed by atoms with Crippen LogP contribution in [0.3, 0.4) is 0 Å². The van der Waals surface area contributed by atoms with Crippen LogP contribution in [0, 0.1) is 5.92 Å². The molecule has 0 atom stereocenters. The van der Waals surface area contributed by atoms with Gasteiger partial charge in [-0.3, -0.25) is 4.98 Å². The topological polar surface area (TPSA) is 69.2 Å². The molecular weight excluding hydrogens is 280 g/mol. The molecule has 0 unspecified atom stereocenters. The van der Waals surface area contributed by atoms with Crippen LogP contribution in [0.4, 0.5) is 5.82 Å². The van der Waals surface area contributed by atoms with Crippen molar-refractivity contribution in [3.8, 4) is 5.88 Å². The van der Waals surface area contributed by atoms with Crippen LogP contribution in [0.2, 0.25) is 0 Å². The van der Waals surface area contributed by atoms with Crippen molar-refractivity contribution < 1.29 is 9.47 Å². The molecule has 0 spiro atoms. The highest BCUT2D eigenvalue weighted by atomic mass is 16.5. The summed E-state index contributed by atoms with van der Waals surface area (Å²) in [5.74, 6) is 2.30. The summed E-state index contributed by atoms with van der Waals surface area (Å²) < 4.78 is 10.8. The molecule has 0 radical (unpaired) electrons. The van der Waals surface area contributed by atoms with Gasteiger partial charge in [-0.05, 0) is 17.5 Å². The molecule has 0 saturated carbocycles. The maximum Gasteiger partial charge on any atom is 0.218 e. The van der Waals surface area contributed by atoms with Crippen molar-refractivity contribution in [3.05, 3.63) is 42.0 Å². The van der Waals surface area contributed by atoms with Crippen LogP contribution in [0.1, 0.15) is 25.2 Å². The van der Waals surface area contributed by atoms with E-state index in [4.69, 9.17) is 9.47 Å². The zero-order valence-corrected chi connectivity index (χ0v) is 13.2. The van der Waals surface area contributed by atoms with Crippen molar-refractivity contribution in [2.45, 2.75) is 27.0 Å². The van der Waals surface area contributed by atoms with E-state index in [1.165, 1.54) is 0 Å². The number of aromatic nitrogens is 3. The van der Waals surface area contributed by atoms with E-state index in [0.717, 1.165) is 5.56 Å². The van der Waals surface area contributed by atoms with Gasteiger partial charge in [0.15, 0.2) is 5.82 Å². The van der Waals surface area contributed by atoms with E-state index in [9.17, 15) is 0 Å². The molecule has 0 bridgehead atoms. The zero-order chi connectivity index (χ0) is 15.8. The van der Waals surface area contributed by atoms with Gasteiger partial charge in [-0.25, -0.2) is 4.98 Å². The van der Waals surface area contributed by atoms with Crippen LogP contribution in [0.15, 0.2) is 30.6 Å². The monoisotopic (exact) mass is 302 g/mol. The molecule has 0 aliphatic heterocycles.